The van der Waals surface area contributed by atoms with E-state index < -0.39 is 0 Å². The molecule has 0 atom stereocenters. The monoisotopic (exact) mass is 326 g/mol. The number of unbranched alkanes of at least 4 members (excludes halogenated alkanes) is 4. The van der Waals surface area contributed by atoms with Gasteiger partial charge in [-0.1, -0.05) is 79.5 Å². The van der Waals surface area contributed by atoms with E-state index >= 15 is 0 Å². The van der Waals surface area contributed by atoms with Crippen LogP contribution in [0, 0.1) is 0 Å². The summed E-state index contributed by atoms with van der Waals surface area (Å²) in [5.41, 5.74) is 0. The summed E-state index contributed by atoms with van der Waals surface area (Å²) in [6.07, 6.45) is 34.6. The highest BCUT2D eigenvalue weighted by atomic mass is 13.9. The Kier molecular flexibility index (Phi) is 26.6. The minimum atomic E-state index is 1.02. The molecule has 0 aliphatic rings. The Morgan fingerprint density at radius 3 is 1.67 bits per heavy atom. The van der Waals surface area contributed by atoms with Gasteiger partial charge in [-0.25, -0.2) is 0 Å². The molecule has 134 valence electrons. The Balaban J connectivity index is 0. The van der Waals surface area contributed by atoms with Gasteiger partial charge in [-0.15, -0.1) is 6.58 Å². The van der Waals surface area contributed by atoms with Crippen molar-refractivity contribution in [2.24, 2.45) is 0 Å². The van der Waals surface area contributed by atoms with Crippen molar-refractivity contribution in [3.05, 3.63) is 86.1 Å². The van der Waals surface area contributed by atoms with Crippen molar-refractivity contribution in [2.45, 2.75) is 65.2 Å². The Labute approximate surface area is 151 Å². The molecule has 0 bridgehead atoms. The van der Waals surface area contributed by atoms with Crippen LogP contribution in [0.25, 0.3) is 0 Å². The number of rotatable bonds is 13. The molecule has 0 aliphatic carbocycles. The number of hydrogen-bond acceptors (Lipinski definition) is 0. The average molecular weight is 327 g/mol. The molecule has 0 rings (SSSR count). The summed E-state index contributed by atoms with van der Waals surface area (Å²) in [4.78, 5) is 0. The zero-order valence-corrected chi connectivity index (χ0v) is 16.0. The molecule has 0 fully saturated rings. The summed E-state index contributed by atoms with van der Waals surface area (Å²) in [5.74, 6) is 0. The summed E-state index contributed by atoms with van der Waals surface area (Å²) < 4.78 is 0. The summed E-state index contributed by atoms with van der Waals surface area (Å²) in [6, 6.07) is 0. The highest BCUT2D eigenvalue weighted by Crippen LogP contribution is 1.99. The van der Waals surface area contributed by atoms with Crippen molar-refractivity contribution in [1.82, 2.24) is 0 Å². The quantitative estimate of drug-likeness (QED) is 0.181. The van der Waals surface area contributed by atoms with Gasteiger partial charge in [0.15, 0.2) is 0 Å². The summed E-state index contributed by atoms with van der Waals surface area (Å²) in [7, 11) is 0. The van der Waals surface area contributed by atoms with Gasteiger partial charge in [-0.3, -0.25) is 0 Å². The fourth-order valence-electron chi connectivity index (χ4n) is 1.80. The van der Waals surface area contributed by atoms with Gasteiger partial charge in [0, 0.05) is 0 Å². The molecule has 0 heteroatoms. The topological polar surface area (TPSA) is 0 Å². The predicted octanol–water partition coefficient (Wildman–Crippen LogP) is 8.29. The van der Waals surface area contributed by atoms with Crippen LogP contribution in [0.2, 0.25) is 0 Å². The lowest BCUT2D eigenvalue weighted by molar-refractivity contribution is 0.864. The molecule has 0 aliphatic heterocycles. The van der Waals surface area contributed by atoms with E-state index in [1.54, 1.807) is 6.08 Å². The first kappa shape index (κ1) is 24.4. The van der Waals surface area contributed by atoms with E-state index in [1.807, 2.05) is 12.2 Å². The summed E-state index contributed by atoms with van der Waals surface area (Å²) >= 11 is 0. The molecule has 0 saturated heterocycles. The maximum absolute atomic E-state index is 3.69. The number of allylic oxidation sites excluding steroid dienone is 12. The van der Waals surface area contributed by atoms with E-state index in [0.717, 1.165) is 25.7 Å². The van der Waals surface area contributed by atoms with Crippen LogP contribution in [-0.2, 0) is 0 Å². The minimum absolute atomic E-state index is 1.02. The molecule has 0 unspecified atom stereocenters. The number of hydrogen-bond donors (Lipinski definition) is 0. The Hall–Kier alpha value is -1.82. The second-order valence-corrected chi connectivity index (χ2v) is 5.35. The molecule has 24 heavy (non-hydrogen) atoms. The third kappa shape index (κ3) is 28.4. The van der Waals surface area contributed by atoms with E-state index in [0.29, 0.717) is 0 Å². The Bertz CT molecular complexity index is 388. The van der Waals surface area contributed by atoms with Gasteiger partial charge < -0.3 is 0 Å². The molecule has 0 amide bonds. The lowest BCUT2D eigenvalue weighted by Gasteiger charge is -1.89. The zero-order valence-electron chi connectivity index (χ0n) is 16.0. The van der Waals surface area contributed by atoms with Gasteiger partial charge >= 0.3 is 0 Å². The third-order valence-corrected chi connectivity index (χ3v) is 3.13. The Morgan fingerprint density at radius 1 is 0.583 bits per heavy atom. The van der Waals surface area contributed by atoms with Crippen LogP contribution in [0.4, 0.5) is 0 Å². The van der Waals surface area contributed by atoms with Crippen LogP contribution >= 0.6 is 0 Å². The first-order valence-corrected chi connectivity index (χ1v) is 9.24. The van der Waals surface area contributed by atoms with Gasteiger partial charge in [0.05, 0.1) is 0 Å². The molecule has 0 aromatic heterocycles. The first-order chi connectivity index (χ1) is 11.8. The van der Waals surface area contributed by atoms with Crippen molar-refractivity contribution in [3.63, 3.8) is 0 Å². The van der Waals surface area contributed by atoms with Crippen LogP contribution in [0.1, 0.15) is 65.2 Å². The molecule has 0 aromatic rings. The van der Waals surface area contributed by atoms with Crippen LogP contribution in [0.15, 0.2) is 86.1 Å². The first-order valence-electron chi connectivity index (χ1n) is 9.24. The maximum atomic E-state index is 3.69. The smallest absolute Gasteiger partial charge is 0.0166 e. The van der Waals surface area contributed by atoms with E-state index in [1.165, 1.54) is 25.7 Å². The normalized spacial score (nSPS) is 11.8. The van der Waals surface area contributed by atoms with Crippen LogP contribution in [0.3, 0.4) is 0 Å². The summed E-state index contributed by atoms with van der Waals surface area (Å²) in [5, 5.41) is 0. The lowest BCUT2D eigenvalue weighted by atomic mass is 10.2. The van der Waals surface area contributed by atoms with Gasteiger partial charge in [-0.2, -0.15) is 0 Å². The average Bonchev–Trinajstić information content (AvgIpc) is 2.60. The lowest BCUT2D eigenvalue weighted by Crippen LogP contribution is -1.69. The highest BCUT2D eigenvalue weighted by molar-refractivity contribution is 5.01. The second kappa shape index (κ2) is 26.1. The molecule has 0 heterocycles. The largest absolute Gasteiger partial charge is 0.103 e. The maximum Gasteiger partial charge on any atom is -0.0166 e. The van der Waals surface area contributed by atoms with E-state index in [4.69, 9.17) is 0 Å². The highest BCUT2D eigenvalue weighted by Gasteiger charge is 1.79. The fourth-order valence-corrected chi connectivity index (χ4v) is 1.80. The molecule has 0 radical (unpaired) electrons. The zero-order chi connectivity index (χ0) is 18.1. The third-order valence-electron chi connectivity index (χ3n) is 3.13. The molecular formula is C24H38. The van der Waals surface area contributed by atoms with Crippen LogP contribution in [-0.4, -0.2) is 0 Å². The van der Waals surface area contributed by atoms with Crippen molar-refractivity contribution in [1.29, 1.82) is 0 Å². The molecule has 0 N–H and O–H groups in total. The minimum Gasteiger partial charge on any atom is -0.103 e. The fraction of sp³-hybridized carbons (Fsp3) is 0.417. The van der Waals surface area contributed by atoms with Crippen molar-refractivity contribution in [3.8, 4) is 0 Å². The predicted molar refractivity (Wildman–Crippen MR) is 114 cm³/mol. The Morgan fingerprint density at radius 2 is 1.12 bits per heavy atom. The van der Waals surface area contributed by atoms with E-state index in [-0.39, 0.29) is 0 Å². The molecule has 0 aromatic carbocycles. The SMILES string of the molecule is C=CC=CCC=CCCC=CC.C=CCCCC=CCCC=CC. The molecular weight excluding hydrogens is 288 g/mol. The summed E-state index contributed by atoms with van der Waals surface area (Å²) in [6.45, 7) is 11.4. The van der Waals surface area contributed by atoms with Crippen LogP contribution in [0.5, 0.6) is 0 Å². The van der Waals surface area contributed by atoms with Crippen LogP contribution < -0.4 is 0 Å². The molecule has 0 saturated carbocycles. The van der Waals surface area contributed by atoms with Crippen molar-refractivity contribution in [2.75, 3.05) is 0 Å². The van der Waals surface area contributed by atoms with Crippen molar-refractivity contribution >= 4 is 0 Å². The molecule has 0 nitrogen and oxygen atoms in total. The van der Waals surface area contributed by atoms with Gasteiger partial charge in [0.1, 0.15) is 0 Å². The van der Waals surface area contributed by atoms with Crippen molar-refractivity contribution < 1.29 is 0 Å². The second-order valence-electron chi connectivity index (χ2n) is 5.35. The van der Waals surface area contributed by atoms with Gasteiger partial charge in [-0.05, 0) is 65.2 Å². The molecule has 0 spiro atoms. The van der Waals surface area contributed by atoms with E-state index in [9.17, 15) is 0 Å². The standard InChI is InChI=1S/C12H20.C12H18/c2*1-3-5-7-9-11-12-10-8-6-4-2/h3-4,6,11-12H,1,5,7-10H2,2H3;3-7,11-12H,1,8-10H2,2H3. The van der Waals surface area contributed by atoms with Gasteiger partial charge in [0.2, 0.25) is 0 Å². The van der Waals surface area contributed by atoms with Gasteiger partial charge in [0.25, 0.3) is 0 Å². The van der Waals surface area contributed by atoms with E-state index in [2.05, 4.69) is 81.7 Å².